The van der Waals surface area contributed by atoms with Gasteiger partial charge in [0.2, 0.25) is 5.76 Å². The third kappa shape index (κ3) is 3.88. The summed E-state index contributed by atoms with van der Waals surface area (Å²) < 4.78 is 22.5. The molecule has 8 heteroatoms. The topological polar surface area (TPSA) is 81.5 Å². The standard InChI is InChI=1S/C26H30N2O6/c1-6-27(7-2)13-14-28-22(18-9-8-10-19(32-4)24(18)33-5)21-23(29)17-12-11-16(31-3)15-20(17)34-25(21)26(28)30/h8-12,15,22H,6-7,13-14H2,1-5H3. The van der Waals surface area contributed by atoms with E-state index in [4.69, 9.17) is 18.6 Å². The Labute approximate surface area is 198 Å². The molecule has 180 valence electrons. The third-order valence-corrected chi connectivity index (χ3v) is 6.45. The van der Waals surface area contributed by atoms with Crippen molar-refractivity contribution in [2.24, 2.45) is 0 Å². The van der Waals surface area contributed by atoms with Crippen molar-refractivity contribution in [3.8, 4) is 17.2 Å². The van der Waals surface area contributed by atoms with Crippen molar-refractivity contribution < 1.29 is 23.4 Å². The first-order valence-corrected chi connectivity index (χ1v) is 11.4. The highest BCUT2D eigenvalue weighted by Crippen LogP contribution is 2.44. The van der Waals surface area contributed by atoms with Gasteiger partial charge in [0.15, 0.2) is 16.9 Å². The molecule has 0 aliphatic carbocycles. The van der Waals surface area contributed by atoms with E-state index in [1.165, 1.54) is 7.11 Å². The molecule has 3 aromatic rings. The first-order valence-electron chi connectivity index (χ1n) is 11.4. The smallest absolute Gasteiger partial charge is 0.290 e. The zero-order valence-corrected chi connectivity index (χ0v) is 20.2. The molecule has 0 fully saturated rings. The average Bonchev–Trinajstić information content (AvgIpc) is 3.15. The van der Waals surface area contributed by atoms with Crippen molar-refractivity contribution >= 4 is 16.9 Å². The van der Waals surface area contributed by atoms with Crippen LogP contribution in [0.1, 0.15) is 41.6 Å². The molecule has 1 atom stereocenters. The van der Waals surface area contributed by atoms with Crippen LogP contribution in [0.5, 0.6) is 17.2 Å². The van der Waals surface area contributed by atoms with Crippen molar-refractivity contribution in [3.05, 3.63) is 63.5 Å². The quantitative estimate of drug-likeness (QED) is 0.476. The average molecular weight is 467 g/mol. The minimum atomic E-state index is -0.661. The molecule has 0 bridgehead atoms. The third-order valence-electron chi connectivity index (χ3n) is 6.45. The molecule has 8 nitrogen and oxygen atoms in total. The molecule has 4 rings (SSSR count). The minimum absolute atomic E-state index is 0.0557. The number of fused-ring (bicyclic) bond motifs is 2. The highest BCUT2D eigenvalue weighted by molar-refractivity contribution is 5.99. The summed E-state index contributed by atoms with van der Waals surface area (Å²) in [6, 6.07) is 9.82. The van der Waals surface area contributed by atoms with Crippen molar-refractivity contribution in [2.45, 2.75) is 19.9 Å². The number of benzene rings is 2. The lowest BCUT2D eigenvalue weighted by atomic mass is 9.97. The van der Waals surface area contributed by atoms with Gasteiger partial charge >= 0.3 is 0 Å². The Bertz CT molecular complexity index is 1260. The number of hydrogen-bond acceptors (Lipinski definition) is 7. The summed E-state index contributed by atoms with van der Waals surface area (Å²) in [5.41, 5.74) is 1.06. The Kier molecular flexibility index (Phi) is 6.79. The summed E-state index contributed by atoms with van der Waals surface area (Å²) in [6.45, 7) is 6.97. The summed E-state index contributed by atoms with van der Waals surface area (Å²) in [4.78, 5) is 31.3. The van der Waals surface area contributed by atoms with E-state index in [9.17, 15) is 9.59 Å². The van der Waals surface area contributed by atoms with Gasteiger partial charge in [-0.05, 0) is 31.3 Å². The second-order valence-corrected chi connectivity index (χ2v) is 8.05. The van der Waals surface area contributed by atoms with E-state index in [1.807, 2.05) is 12.1 Å². The van der Waals surface area contributed by atoms with Crippen LogP contribution in [0.15, 0.2) is 45.6 Å². The molecule has 0 radical (unpaired) electrons. The lowest BCUT2D eigenvalue weighted by Crippen LogP contribution is -2.38. The molecule has 2 heterocycles. The van der Waals surface area contributed by atoms with Gasteiger partial charge in [-0.15, -0.1) is 0 Å². The minimum Gasteiger partial charge on any atom is -0.497 e. The highest BCUT2D eigenvalue weighted by Gasteiger charge is 2.44. The van der Waals surface area contributed by atoms with Crippen LogP contribution in [0.3, 0.4) is 0 Å². The number of likely N-dealkylation sites (N-methyl/N-ethyl adjacent to an activating group) is 1. The van der Waals surface area contributed by atoms with Gasteiger partial charge in [0.25, 0.3) is 5.91 Å². The van der Waals surface area contributed by atoms with E-state index in [1.54, 1.807) is 43.4 Å². The molecule has 2 aromatic carbocycles. The van der Waals surface area contributed by atoms with Crippen LogP contribution in [0.25, 0.3) is 11.0 Å². The zero-order valence-electron chi connectivity index (χ0n) is 20.2. The van der Waals surface area contributed by atoms with Crippen molar-refractivity contribution in [1.82, 2.24) is 9.80 Å². The van der Waals surface area contributed by atoms with Crippen LogP contribution < -0.4 is 19.6 Å². The van der Waals surface area contributed by atoms with E-state index in [2.05, 4.69) is 18.7 Å². The Balaban J connectivity index is 1.94. The number of para-hydroxylation sites is 1. The molecule has 0 saturated carbocycles. The predicted octanol–water partition coefficient (Wildman–Crippen LogP) is 3.71. The number of rotatable bonds is 9. The first-order chi connectivity index (χ1) is 16.5. The van der Waals surface area contributed by atoms with Gasteiger partial charge in [0.1, 0.15) is 11.3 Å². The SMILES string of the molecule is CCN(CC)CCN1C(=O)c2oc3cc(OC)ccc3c(=O)c2C1c1cccc(OC)c1OC. The predicted molar refractivity (Wildman–Crippen MR) is 129 cm³/mol. The summed E-state index contributed by atoms with van der Waals surface area (Å²) in [5, 5.41) is 0.393. The maximum atomic E-state index is 13.7. The Morgan fingerprint density at radius 3 is 2.41 bits per heavy atom. The monoisotopic (exact) mass is 466 g/mol. The second-order valence-electron chi connectivity index (χ2n) is 8.05. The molecule has 1 aliphatic rings. The fraction of sp³-hybridized carbons (Fsp3) is 0.385. The van der Waals surface area contributed by atoms with E-state index in [0.29, 0.717) is 52.4 Å². The van der Waals surface area contributed by atoms with Crippen LogP contribution >= 0.6 is 0 Å². The number of nitrogens with zero attached hydrogens (tertiary/aromatic N) is 2. The molecular formula is C26H30N2O6. The Morgan fingerprint density at radius 2 is 1.76 bits per heavy atom. The van der Waals surface area contributed by atoms with Crippen molar-refractivity contribution in [3.63, 3.8) is 0 Å². The van der Waals surface area contributed by atoms with Gasteiger partial charge in [-0.3, -0.25) is 9.59 Å². The lowest BCUT2D eigenvalue weighted by molar-refractivity contribution is 0.0706. The fourth-order valence-electron chi connectivity index (χ4n) is 4.60. The van der Waals surface area contributed by atoms with Crippen LogP contribution in [-0.4, -0.2) is 63.2 Å². The lowest BCUT2D eigenvalue weighted by Gasteiger charge is -2.29. The number of amides is 1. The van der Waals surface area contributed by atoms with Gasteiger partial charge in [-0.2, -0.15) is 0 Å². The van der Waals surface area contributed by atoms with Crippen molar-refractivity contribution in [1.29, 1.82) is 0 Å². The van der Waals surface area contributed by atoms with E-state index in [-0.39, 0.29) is 17.1 Å². The van der Waals surface area contributed by atoms with Crippen LogP contribution in [0.2, 0.25) is 0 Å². The van der Waals surface area contributed by atoms with E-state index < -0.39 is 6.04 Å². The van der Waals surface area contributed by atoms with E-state index in [0.717, 1.165) is 13.1 Å². The largest absolute Gasteiger partial charge is 0.497 e. The fourth-order valence-corrected chi connectivity index (χ4v) is 4.60. The molecule has 1 unspecified atom stereocenters. The van der Waals surface area contributed by atoms with E-state index >= 15 is 0 Å². The van der Waals surface area contributed by atoms with Crippen LogP contribution in [-0.2, 0) is 0 Å². The zero-order chi connectivity index (χ0) is 24.4. The van der Waals surface area contributed by atoms with Crippen LogP contribution in [0, 0.1) is 0 Å². The summed E-state index contributed by atoms with van der Waals surface area (Å²) in [7, 11) is 4.65. The highest BCUT2D eigenvalue weighted by atomic mass is 16.5. The Hall–Kier alpha value is -3.52. The molecule has 1 amide bonds. The second kappa shape index (κ2) is 9.77. The maximum absolute atomic E-state index is 13.7. The number of hydrogen-bond donors (Lipinski definition) is 0. The van der Waals surface area contributed by atoms with Gasteiger partial charge in [-0.25, -0.2) is 0 Å². The molecule has 1 aliphatic heterocycles. The van der Waals surface area contributed by atoms with Crippen LogP contribution in [0.4, 0.5) is 0 Å². The maximum Gasteiger partial charge on any atom is 0.290 e. The summed E-state index contributed by atoms with van der Waals surface area (Å²) >= 11 is 0. The number of methoxy groups -OCH3 is 3. The van der Waals surface area contributed by atoms with Gasteiger partial charge in [0, 0.05) is 24.7 Å². The molecule has 1 aromatic heterocycles. The molecule has 0 saturated heterocycles. The molecule has 0 N–H and O–H groups in total. The summed E-state index contributed by atoms with van der Waals surface area (Å²) in [5.74, 6) is 1.29. The molecule has 0 spiro atoms. The molecular weight excluding hydrogens is 436 g/mol. The Morgan fingerprint density at radius 1 is 1.00 bits per heavy atom. The number of carbonyl (C=O) groups excluding carboxylic acids is 1. The first kappa shape index (κ1) is 23.6. The van der Waals surface area contributed by atoms with Gasteiger partial charge < -0.3 is 28.4 Å². The van der Waals surface area contributed by atoms with Gasteiger partial charge in [0.05, 0.1) is 38.3 Å². The number of carbonyl (C=O) groups is 1. The van der Waals surface area contributed by atoms with Gasteiger partial charge in [-0.1, -0.05) is 26.0 Å². The van der Waals surface area contributed by atoms with Crippen molar-refractivity contribution in [2.75, 3.05) is 47.5 Å². The molecule has 34 heavy (non-hydrogen) atoms. The normalized spacial score (nSPS) is 15.2. The number of ether oxygens (including phenoxy) is 3. The summed E-state index contributed by atoms with van der Waals surface area (Å²) in [6.07, 6.45) is 0.